The molecule has 0 fully saturated rings. The van der Waals surface area contributed by atoms with E-state index < -0.39 is 0 Å². The van der Waals surface area contributed by atoms with Gasteiger partial charge in [-0.25, -0.2) is 0 Å². The lowest BCUT2D eigenvalue weighted by Gasteiger charge is -2.27. The molecule has 4 nitrogen and oxygen atoms in total. The minimum absolute atomic E-state index is 0.178. The minimum Gasteiger partial charge on any atom is -0.409 e. The maximum Gasteiger partial charge on any atom is 0.173 e. The molecule has 0 atom stereocenters. The van der Waals surface area contributed by atoms with E-state index in [1.54, 1.807) is 11.8 Å². The number of nitrogens with two attached hydrogens (primary N) is 1. The highest BCUT2D eigenvalue weighted by atomic mass is 32.2. The van der Waals surface area contributed by atoms with Crippen molar-refractivity contribution in [2.24, 2.45) is 10.9 Å². The first-order chi connectivity index (χ1) is 9.19. The second kappa shape index (κ2) is 7.94. The molecule has 0 bridgehead atoms. The normalized spacial score (nSPS) is 11.6. The fourth-order valence-corrected chi connectivity index (χ4v) is 2.78. The number of hydrogen-bond donors (Lipinski definition) is 2. The SMILES string of the molecule is CCCN(CCC)c1cccc(SC)c1/C(N)=N/O. The summed E-state index contributed by atoms with van der Waals surface area (Å²) in [7, 11) is 0. The van der Waals surface area contributed by atoms with Crippen LogP contribution in [0.15, 0.2) is 28.3 Å². The highest BCUT2D eigenvalue weighted by Gasteiger charge is 2.16. The Labute approximate surface area is 119 Å². The standard InChI is InChI=1S/C14H23N3OS/c1-4-9-17(10-5-2)11-7-6-8-12(19-3)13(11)14(15)16-18/h6-8,18H,4-5,9-10H2,1-3H3,(H2,15,16). The van der Waals surface area contributed by atoms with Crippen molar-refractivity contribution in [3.05, 3.63) is 23.8 Å². The van der Waals surface area contributed by atoms with Gasteiger partial charge in [-0.1, -0.05) is 25.1 Å². The molecule has 0 amide bonds. The van der Waals surface area contributed by atoms with Crippen molar-refractivity contribution in [3.63, 3.8) is 0 Å². The number of anilines is 1. The molecule has 1 aromatic carbocycles. The van der Waals surface area contributed by atoms with E-state index in [1.807, 2.05) is 24.5 Å². The highest BCUT2D eigenvalue weighted by molar-refractivity contribution is 7.98. The van der Waals surface area contributed by atoms with Gasteiger partial charge >= 0.3 is 0 Å². The van der Waals surface area contributed by atoms with Crippen LogP contribution in [-0.4, -0.2) is 30.4 Å². The maximum atomic E-state index is 9.01. The van der Waals surface area contributed by atoms with Crippen molar-refractivity contribution in [3.8, 4) is 0 Å². The zero-order chi connectivity index (χ0) is 14.3. The van der Waals surface area contributed by atoms with E-state index in [4.69, 9.17) is 10.9 Å². The molecule has 0 spiro atoms. The molecule has 0 unspecified atom stereocenters. The molecule has 1 aromatic rings. The Morgan fingerprint density at radius 1 is 1.32 bits per heavy atom. The first kappa shape index (κ1) is 15.7. The molecule has 19 heavy (non-hydrogen) atoms. The van der Waals surface area contributed by atoms with Gasteiger partial charge in [0.2, 0.25) is 0 Å². The molecule has 0 aromatic heterocycles. The van der Waals surface area contributed by atoms with Crippen LogP contribution < -0.4 is 10.6 Å². The summed E-state index contributed by atoms with van der Waals surface area (Å²) in [6.45, 7) is 6.25. The average Bonchev–Trinajstić information content (AvgIpc) is 2.45. The van der Waals surface area contributed by atoms with Gasteiger partial charge in [0.15, 0.2) is 5.84 Å². The van der Waals surface area contributed by atoms with Gasteiger partial charge in [0, 0.05) is 23.7 Å². The van der Waals surface area contributed by atoms with Crippen molar-refractivity contribution >= 4 is 23.3 Å². The van der Waals surface area contributed by atoms with E-state index in [-0.39, 0.29) is 5.84 Å². The molecule has 1 rings (SSSR count). The molecule has 0 saturated carbocycles. The molecule has 0 aliphatic rings. The molecule has 0 radical (unpaired) electrons. The Bertz CT molecular complexity index is 429. The third-order valence-electron chi connectivity index (χ3n) is 2.92. The Balaban J connectivity index is 3.31. The second-order valence-electron chi connectivity index (χ2n) is 4.33. The molecule has 0 saturated heterocycles. The van der Waals surface area contributed by atoms with Gasteiger partial charge in [-0.3, -0.25) is 0 Å². The number of benzene rings is 1. The fourth-order valence-electron chi connectivity index (χ4n) is 2.15. The Hall–Kier alpha value is -1.36. The molecule has 5 heteroatoms. The van der Waals surface area contributed by atoms with Crippen LogP contribution in [-0.2, 0) is 0 Å². The van der Waals surface area contributed by atoms with E-state index in [0.29, 0.717) is 0 Å². The van der Waals surface area contributed by atoms with E-state index in [1.165, 1.54) is 0 Å². The lowest BCUT2D eigenvalue weighted by atomic mass is 10.1. The zero-order valence-corrected chi connectivity index (χ0v) is 12.7. The van der Waals surface area contributed by atoms with Crippen molar-refractivity contribution in [1.29, 1.82) is 0 Å². The molecule has 0 aliphatic carbocycles. The van der Waals surface area contributed by atoms with E-state index in [2.05, 4.69) is 23.9 Å². The van der Waals surface area contributed by atoms with Crippen LogP contribution in [0.4, 0.5) is 5.69 Å². The highest BCUT2D eigenvalue weighted by Crippen LogP contribution is 2.30. The lowest BCUT2D eigenvalue weighted by molar-refractivity contribution is 0.318. The minimum atomic E-state index is 0.178. The first-order valence-electron chi connectivity index (χ1n) is 6.59. The fraction of sp³-hybridized carbons (Fsp3) is 0.500. The summed E-state index contributed by atoms with van der Waals surface area (Å²) in [6, 6.07) is 6.06. The van der Waals surface area contributed by atoms with Gasteiger partial charge < -0.3 is 15.8 Å². The van der Waals surface area contributed by atoms with Crippen LogP contribution >= 0.6 is 11.8 Å². The summed E-state index contributed by atoms with van der Waals surface area (Å²) < 4.78 is 0. The zero-order valence-electron chi connectivity index (χ0n) is 11.9. The van der Waals surface area contributed by atoms with Crippen LogP contribution in [0.5, 0.6) is 0 Å². The number of amidine groups is 1. The summed E-state index contributed by atoms with van der Waals surface area (Å²) in [4.78, 5) is 3.33. The number of rotatable bonds is 7. The largest absolute Gasteiger partial charge is 0.409 e. The number of thioether (sulfide) groups is 1. The Kier molecular flexibility index (Phi) is 6.56. The number of nitrogens with zero attached hydrogens (tertiary/aromatic N) is 2. The molecule has 106 valence electrons. The van der Waals surface area contributed by atoms with Crippen molar-refractivity contribution in [1.82, 2.24) is 0 Å². The summed E-state index contributed by atoms with van der Waals surface area (Å²) >= 11 is 1.61. The van der Waals surface area contributed by atoms with E-state index >= 15 is 0 Å². The van der Waals surface area contributed by atoms with Gasteiger partial charge in [0.25, 0.3) is 0 Å². The number of oxime groups is 1. The smallest absolute Gasteiger partial charge is 0.173 e. The summed E-state index contributed by atoms with van der Waals surface area (Å²) in [5, 5.41) is 12.2. The van der Waals surface area contributed by atoms with E-state index in [0.717, 1.165) is 42.1 Å². The predicted molar refractivity (Wildman–Crippen MR) is 83.5 cm³/mol. The van der Waals surface area contributed by atoms with Gasteiger partial charge in [0.1, 0.15) is 0 Å². The van der Waals surface area contributed by atoms with Crippen LogP contribution in [0.3, 0.4) is 0 Å². The van der Waals surface area contributed by atoms with Crippen molar-refractivity contribution < 1.29 is 5.21 Å². The van der Waals surface area contributed by atoms with Gasteiger partial charge in [-0.05, 0) is 31.2 Å². The van der Waals surface area contributed by atoms with Crippen LogP contribution in [0, 0.1) is 0 Å². The molecule has 3 N–H and O–H groups in total. The van der Waals surface area contributed by atoms with Crippen LogP contribution in [0.25, 0.3) is 0 Å². The maximum absolute atomic E-state index is 9.01. The summed E-state index contributed by atoms with van der Waals surface area (Å²) in [5.41, 5.74) is 7.74. The molecule has 0 heterocycles. The molecular weight excluding hydrogens is 258 g/mol. The van der Waals surface area contributed by atoms with Gasteiger partial charge in [-0.2, -0.15) is 0 Å². The molecular formula is C14H23N3OS. The summed E-state index contributed by atoms with van der Waals surface area (Å²) in [5.74, 6) is 0.178. The van der Waals surface area contributed by atoms with Crippen LogP contribution in [0.1, 0.15) is 32.3 Å². The van der Waals surface area contributed by atoms with Crippen LogP contribution in [0.2, 0.25) is 0 Å². The average molecular weight is 281 g/mol. The quantitative estimate of drug-likeness (QED) is 0.265. The third kappa shape index (κ3) is 3.80. The summed E-state index contributed by atoms with van der Waals surface area (Å²) in [6.07, 6.45) is 4.13. The van der Waals surface area contributed by atoms with Crippen molar-refractivity contribution in [2.75, 3.05) is 24.2 Å². The monoisotopic (exact) mass is 281 g/mol. The predicted octanol–water partition coefficient (Wildman–Crippen LogP) is 3.13. The third-order valence-corrected chi connectivity index (χ3v) is 3.70. The second-order valence-corrected chi connectivity index (χ2v) is 5.17. The lowest BCUT2D eigenvalue weighted by Crippen LogP contribution is -2.28. The topological polar surface area (TPSA) is 61.8 Å². The van der Waals surface area contributed by atoms with Gasteiger partial charge in [0.05, 0.1) is 5.56 Å². The molecule has 0 aliphatic heterocycles. The van der Waals surface area contributed by atoms with Crippen molar-refractivity contribution in [2.45, 2.75) is 31.6 Å². The van der Waals surface area contributed by atoms with E-state index in [9.17, 15) is 0 Å². The number of hydrogen-bond acceptors (Lipinski definition) is 4. The Morgan fingerprint density at radius 2 is 1.95 bits per heavy atom. The first-order valence-corrected chi connectivity index (χ1v) is 7.81. The Morgan fingerprint density at radius 3 is 2.42 bits per heavy atom. The van der Waals surface area contributed by atoms with Gasteiger partial charge in [-0.15, -0.1) is 11.8 Å².